The Labute approximate surface area is 157 Å². The Balaban J connectivity index is 0.00000117. The molecule has 4 nitrogen and oxygen atoms in total. The zero-order chi connectivity index (χ0) is 19.5. The van der Waals surface area contributed by atoms with Crippen molar-refractivity contribution in [1.82, 2.24) is 14.7 Å². The molecule has 0 aromatic carbocycles. The molecule has 3 rings (SSSR count). The van der Waals surface area contributed by atoms with Gasteiger partial charge in [0, 0.05) is 46.2 Å². The van der Waals surface area contributed by atoms with Gasteiger partial charge in [0.1, 0.15) is 0 Å². The van der Waals surface area contributed by atoms with Crippen molar-refractivity contribution in [2.24, 2.45) is 11.3 Å². The molecule has 1 atom stereocenters. The Morgan fingerprint density at radius 2 is 1.65 bits per heavy atom. The number of likely N-dealkylation sites (tertiary alicyclic amines) is 3. The summed E-state index contributed by atoms with van der Waals surface area (Å²) < 4.78 is 29.3. The minimum atomic E-state index is -2.62. The fourth-order valence-corrected chi connectivity index (χ4v) is 4.77. The molecule has 3 aliphatic heterocycles. The zero-order valence-electron chi connectivity index (χ0n) is 17.2. The van der Waals surface area contributed by atoms with Gasteiger partial charge < -0.3 is 4.90 Å². The van der Waals surface area contributed by atoms with Crippen molar-refractivity contribution in [2.75, 3.05) is 45.8 Å². The van der Waals surface area contributed by atoms with Crippen molar-refractivity contribution in [3.8, 4) is 0 Å². The highest BCUT2D eigenvalue weighted by Gasteiger charge is 2.54. The molecular weight excluding hydrogens is 336 g/mol. The van der Waals surface area contributed by atoms with E-state index in [1.165, 1.54) is 0 Å². The van der Waals surface area contributed by atoms with Gasteiger partial charge in [-0.25, -0.2) is 8.78 Å². The van der Waals surface area contributed by atoms with Crippen LogP contribution in [0.5, 0.6) is 0 Å². The maximum Gasteiger partial charge on any atom is 0.275 e. The normalized spacial score (nSPS) is 28.5. The van der Waals surface area contributed by atoms with Crippen LogP contribution < -0.4 is 0 Å². The summed E-state index contributed by atoms with van der Waals surface area (Å²) >= 11 is 0. The highest BCUT2D eigenvalue weighted by molar-refractivity contribution is 5.73. The van der Waals surface area contributed by atoms with E-state index in [9.17, 15) is 13.6 Å². The minimum Gasteiger partial charge on any atom is -0.343 e. The van der Waals surface area contributed by atoms with E-state index >= 15 is 0 Å². The van der Waals surface area contributed by atoms with Crippen LogP contribution in [0.25, 0.3) is 0 Å². The van der Waals surface area contributed by atoms with Crippen molar-refractivity contribution < 1.29 is 13.6 Å². The third-order valence-electron chi connectivity index (χ3n) is 6.05. The largest absolute Gasteiger partial charge is 0.343 e. The zero-order valence-corrected chi connectivity index (χ0v) is 17.2. The first kappa shape index (κ1) is 21.5. The topological polar surface area (TPSA) is 26.8 Å². The van der Waals surface area contributed by atoms with Crippen LogP contribution in [-0.2, 0) is 4.79 Å². The SMILES string of the molecule is CC.CC(=O)N1CCC2(CC1)CN(C1CCN(CC(C)C)CC1(F)F)C2. The molecule has 0 aromatic rings. The molecule has 1 amide bonds. The standard InChI is InChI=1S/C18H31F2N3O.C2H6/c1-14(2)10-21-7-4-16(18(19,20)13-21)23-11-17(12-23)5-8-22(9-6-17)15(3)24;1-2/h14,16H,4-13H2,1-3H3;1-2H3. The van der Waals surface area contributed by atoms with Gasteiger partial charge in [-0.15, -0.1) is 0 Å². The Hall–Kier alpha value is -0.750. The highest BCUT2D eigenvalue weighted by Crippen LogP contribution is 2.45. The van der Waals surface area contributed by atoms with E-state index in [-0.39, 0.29) is 17.9 Å². The second kappa shape index (κ2) is 8.51. The Morgan fingerprint density at radius 3 is 2.12 bits per heavy atom. The molecule has 0 saturated carbocycles. The van der Waals surface area contributed by atoms with E-state index < -0.39 is 12.0 Å². The number of hydrogen-bond donors (Lipinski definition) is 0. The molecular formula is C20H37F2N3O. The first-order chi connectivity index (χ1) is 12.2. The van der Waals surface area contributed by atoms with Crippen LogP contribution in [0.4, 0.5) is 8.78 Å². The van der Waals surface area contributed by atoms with Crippen molar-refractivity contribution in [3.05, 3.63) is 0 Å². The van der Waals surface area contributed by atoms with Gasteiger partial charge in [0.05, 0.1) is 12.6 Å². The van der Waals surface area contributed by atoms with Gasteiger partial charge in [0.2, 0.25) is 5.91 Å². The van der Waals surface area contributed by atoms with Crippen molar-refractivity contribution >= 4 is 5.91 Å². The van der Waals surface area contributed by atoms with Crippen molar-refractivity contribution in [3.63, 3.8) is 0 Å². The lowest BCUT2D eigenvalue weighted by Crippen LogP contribution is -2.69. The van der Waals surface area contributed by atoms with Gasteiger partial charge in [-0.1, -0.05) is 27.7 Å². The van der Waals surface area contributed by atoms with Gasteiger partial charge in [-0.2, -0.15) is 0 Å². The monoisotopic (exact) mass is 373 g/mol. The second-order valence-electron chi connectivity index (χ2n) is 8.61. The molecule has 152 valence electrons. The molecule has 0 bridgehead atoms. The lowest BCUT2D eigenvalue weighted by Gasteiger charge is -2.58. The van der Waals surface area contributed by atoms with Gasteiger partial charge in [-0.3, -0.25) is 14.6 Å². The predicted molar refractivity (Wildman–Crippen MR) is 101 cm³/mol. The average Bonchev–Trinajstić information content (AvgIpc) is 2.53. The molecule has 0 radical (unpaired) electrons. The smallest absolute Gasteiger partial charge is 0.275 e. The molecule has 3 saturated heterocycles. The number of nitrogens with zero attached hydrogens (tertiary/aromatic N) is 3. The number of alkyl halides is 2. The van der Waals surface area contributed by atoms with Crippen LogP contribution in [0.3, 0.4) is 0 Å². The Kier molecular flexibility index (Phi) is 7.05. The quantitative estimate of drug-likeness (QED) is 0.759. The van der Waals surface area contributed by atoms with Gasteiger partial charge in [0.15, 0.2) is 0 Å². The predicted octanol–water partition coefficient (Wildman–Crippen LogP) is 3.32. The molecule has 3 aliphatic rings. The van der Waals surface area contributed by atoms with Crippen LogP contribution in [0.15, 0.2) is 0 Å². The molecule has 6 heteroatoms. The van der Waals surface area contributed by atoms with E-state index in [1.807, 2.05) is 28.5 Å². The molecule has 1 spiro atoms. The molecule has 26 heavy (non-hydrogen) atoms. The maximum absolute atomic E-state index is 14.6. The number of amides is 1. The summed E-state index contributed by atoms with van der Waals surface area (Å²) in [6.45, 7) is 14.3. The van der Waals surface area contributed by atoms with E-state index in [2.05, 4.69) is 13.8 Å². The third-order valence-corrected chi connectivity index (χ3v) is 6.05. The lowest BCUT2D eigenvalue weighted by atomic mass is 9.70. The van der Waals surface area contributed by atoms with Gasteiger partial charge >= 0.3 is 0 Å². The van der Waals surface area contributed by atoms with Gasteiger partial charge in [0.25, 0.3) is 5.92 Å². The Bertz CT molecular complexity index is 468. The molecule has 0 aliphatic carbocycles. The highest BCUT2D eigenvalue weighted by atomic mass is 19.3. The second-order valence-corrected chi connectivity index (χ2v) is 8.61. The lowest BCUT2D eigenvalue weighted by molar-refractivity contribution is -0.176. The summed E-state index contributed by atoms with van der Waals surface area (Å²) in [6, 6.07) is -0.600. The molecule has 1 unspecified atom stereocenters. The summed E-state index contributed by atoms with van der Waals surface area (Å²) in [5.74, 6) is -2.06. The summed E-state index contributed by atoms with van der Waals surface area (Å²) in [6.07, 6.45) is 2.48. The first-order valence-corrected chi connectivity index (χ1v) is 10.3. The Morgan fingerprint density at radius 1 is 1.08 bits per heavy atom. The summed E-state index contributed by atoms with van der Waals surface area (Å²) in [4.78, 5) is 17.2. The average molecular weight is 374 g/mol. The van der Waals surface area contributed by atoms with Crippen molar-refractivity contribution in [2.45, 2.75) is 65.8 Å². The molecule has 0 N–H and O–H groups in total. The first-order valence-electron chi connectivity index (χ1n) is 10.3. The summed E-state index contributed by atoms with van der Waals surface area (Å²) in [5.41, 5.74) is 0.178. The third kappa shape index (κ3) is 4.75. The molecule has 3 fully saturated rings. The van der Waals surface area contributed by atoms with Crippen molar-refractivity contribution in [1.29, 1.82) is 0 Å². The maximum atomic E-state index is 14.6. The summed E-state index contributed by atoms with van der Waals surface area (Å²) in [7, 11) is 0. The van der Waals surface area contributed by atoms with Crippen LogP contribution >= 0.6 is 0 Å². The minimum absolute atomic E-state index is 0.0997. The number of halogens is 2. The summed E-state index contributed by atoms with van der Waals surface area (Å²) in [5, 5.41) is 0. The van der Waals surface area contributed by atoms with E-state index in [4.69, 9.17) is 0 Å². The van der Waals surface area contributed by atoms with E-state index in [1.54, 1.807) is 6.92 Å². The molecule has 0 aromatic heterocycles. The van der Waals surface area contributed by atoms with E-state index in [0.29, 0.717) is 12.3 Å². The van der Waals surface area contributed by atoms with Crippen LogP contribution in [0.2, 0.25) is 0 Å². The fraction of sp³-hybridized carbons (Fsp3) is 0.950. The number of carbonyl (C=O) groups excluding carboxylic acids is 1. The van der Waals surface area contributed by atoms with Crippen LogP contribution in [-0.4, -0.2) is 78.4 Å². The van der Waals surface area contributed by atoms with Gasteiger partial charge in [-0.05, 0) is 30.6 Å². The number of carbonyl (C=O) groups is 1. The number of rotatable bonds is 3. The number of hydrogen-bond acceptors (Lipinski definition) is 3. The number of piperidine rings is 2. The van der Waals surface area contributed by atoms with E-state index in [0.717, 1.165) is 52.1 Å². The van der Waals surface area contributed by atoms with Crippen LogP contribution in [0, 0.1) is 11.3 Å². The molecule has 3 heterocycles. The fourth-order valence-electron chi connectivity index (χ4n) is 4.77. The van der Waals surface area contributed by atoms with Crippen LogP contribution in [0.1, 0.15) is 53.9 Å².